The minimum Gasteiger partial charge on any atom is -0.379 e. The van der Waals surface area contributed by atoms with E-state index in [1.54, 1.807) is 0 Å². The van der Waals surface area contributed by atoms with Gasteiger partial charge in [0.2, 0.25) is 0 Å². The van der Waals surface area contributed by atoms with E-state index in [2.05, 4.69) is 20.8 Å². The van der Waals surface area contributed by atoms with Gasteiger partial charge >= 0.3 is 0 Å². The Morgan fingerprint density at radius 3 is 1.00 bits per heavy atom. The summed E-state index contributed by atoms with van der Waals surface area (Å²) in [5.74, 6) is 0.612. The third kappa shape index (κ3) is 33.7. The van der Waals surface area contributed by atoms with Crippen LogP contribution in [0.4, 0.5) is 0 Å². The fourth-order valence-corrected chi connectivity index (χ4v) is 3.59. The number of unbranched alkanes of at least 4 members (excludes halogenated alkanes) is 10. The van der Waals surface area contributed by atoms with Gasteiger partial charge in [-0.05, 0) is 12.3 Å². The van der Waals surface area contributed by atoms with Crippen LogP contribution in [0.5, 0.6) is 0 Å². The van der Waals surface area contributed by atoms with Crippen molar-refractivity contribution in [1.29, 1.82) is 0 Å². The quantitative estimate of drug-likeness (QED) is 0.0895. The van der Waals surface area contributed by atoms with Gasteiger partial charge < -0.3 is 33.2 Å². The Kier molecular flexibility index (Phi) is 33.5. The second-order valence-corrected chi connectivity index (χ2v) is 9.80. The normalized spacial score (nSPS) is 12.4. The van der Waals surface area contributed by atoms with Crippen LogP contribution < -0.4 is 0 Å². The van der Waals surface area contributed by atoms with Crippen molar-refractivity contribution in [3.05, 3.63) is 0 Å². The zero-order chi connectivity index (χ0) is 26.9. The highest BCUT2D eigenvalue weighted by molar-refractivity contribution is 4.48. The first-order valence-corrected chi connectivity index (χ1v) is 15.3. The summed E-state index contributed by atoms with van der Waals surface area (Å²) in [4.78, 5) is 0. The third-order valence-electron chi connectivity index (χ3n) is 6.22. The maximum atomic E-state index is 5.65. The van der Waals surface area contributed by atoms with Crippen LogP contribution in [0, 0.1) is 5.92 Å². The summed E-state index contributed by atoms with van der Waals surface area (Å²) in [6, 6.07) is 0. The molecule has 1 unspecified atom stereocenters. The fraction of sp³-hybridized carbons (Fsp3) is 1.00. The van der Waals surface area contributed by atoms with Gasteiger partial charge in [0.1, 0.15) is 0 Å². The van der Waals surface area contributed by atoms with Crippen LogP contribution in [-0.4, -0.2) is 92.5 Å². The predicted molar refractivity (Wildman–Crippen MR) is 152 cm³/mol. The average Bonchev–Trinajstić information content (AvgIpc) is 2.91. The smallest absolute Gasteiger partial charge is 0.0701 e. The minimum absolute atomic E-state index is 0.564. The SMILES string of the molecule is CCCCCCCCCCCCCOCCOCCOCCOCCOCCOCCOCC(C)CC. The third-order valence-corrected chi connectivity index (χ3v) is 6.22. The van der Waals surface area contributed by atoms with Crippen molar-refractivity contribution in [3.63, 3.8) is 0 Å². The van der Waals surface area contributed by atoms with Crippen LogP contribution in [0.3, 0.4) is 0 Å². The zero-order valence-electron chi connectivity index (χ0n) is 24.8. The lowest BCUT2D eigenvalue weighted by Crippen LogP contribution is -2.15. The molecule has 7 nitrogen and oxygen atoms in total. The molecule has 0 fully saturated rings. The molecule has 0 saturated heterocycles. The highest BCUT2D eigenvalue weighted by Crippen LogP contribution is 2.11. The van der Waals surface area contributed by atoms with Crippen LogP contribution >= 0.6 is 0 Å². The van der Waals surface area contributed by atoms with E-state index < -0.39 is 0 Å². The van der Waals surface area contributed by atoms with Gasteiger partial charge in [-0.2, -0.15) is 0 Å². The monoisotopic (exact) mass is 534 g/mol. The molecule has 224 valence electrons. The van der Waals surface area contributed by atoms with Gasteiger partial charge in [-0.3, -0.25) is 0 Å². The first kappa shape index (κ1) is 36.7. The van der Waals surface area contributed by atoms with Gasteiger partial charge in [-0.15, -0.1) is 0 Å². The van der Waals surface area contributed by atoms with E-state index in [4.69, 9.17) is 33.2 Å². The Labute approximate surface area is 229 Å². The van der Waals surface area contributed by atoms with Crippen molar-refractivity contribution in [2.75, 3.05) is 92.5 Å². The summed E-state index contributed by atoms with van der Waals surface area (Å²) >= 11 is 0. The van der Waals surface area contributed by atoms with Crippen LogP contribution in [0.2, 0.25) is 0 Å². The van der Waals surface area contributed by atoms with Gasteiger partial charge in [-0.1, -0.05) is 91.4 Å². The molecule has 0 aliphatic rings. The molecule has 0 radical (unpaired) electrons. The molecule has 1 atom stereocenters. The summed E-state index contributed by atoms with van der Waals surface area (Å²) in [6.07, 6.45) is 16.1. The Morgan fingerprint density at radius 1 is 0.351 bits per heavy atom. The first-order chi connectivity index (χ1) is 18.3. The van der Waals surface area contributed by atoms with Crippen molar-refractivity contribution in [2.45, 2.75) is 97.8 Å². The summed E-state index contributed by atoms with van der Waals surface area (Å²) < 4.78 is 38.7. The molecule has 7 heteroatoms. The lowest BCUT2D eigenvalue weighted by molar-refractivity contribution is -0.0215. The number of hydrogen-bond donors (Lipinski definition) is 0. The van der Waals surface area contributed by atoms with E-state index in [0.717, 1.165) is 26.1 Å². The van der Waals surface area contributed by atoms with E-state index in [1.807, 2.05) is 0 Å². The van der Waals surface area contributed by atoms with E-state index in [9.17, 15) is 0 Å². The van der Waals surface area contributed by atoms with E-state index in [-0.39, 0.29) is 0 Å². The second-order valence-electron chi connectivity index (χ2n) is 9.80. The summed E-state index contributed by atoms with van der Waals surface area (Å²) in [7, 11) is 0. The molecule has 0 bridgehead atoms. The summed E-state index contributed by atoms with van der Waals surface area (Å²) in [5, 5.41) is 0. The molecular weight excluding hydrogens is 472 g/mol. The molecule has 0 heterocycles. The molecule has 0 N–H and O–H groups in total. The van der Waals surface area contributed by atoms with Gasteiger partial charge in [0.05, 0.1) is 79.3 Å². The Balaban J connectivity index is 3.02. The number of rotatable bonds is 33. The van der Waals surface area contributed by atoms with Crippen molar-refractivity contribution < 1.29 is 33.2 Å². The Morgan fingerprint density at radius 2 is 0.649 bits per heavy atom. The fourth-order valence-electron chi connectivity index (χ4n) is 3.59. The zero-order valence-corrected chi connectivity index (χ0v) is 24.8. The van der Waals surface area contributed by atoms with E-state index in [1.165, 1.54) is 64.2 Å². The number of hydrogen-bond acceptors (Lipinski definition) is 7. The standard InChI is InChI=1S/C30H62O7/c1-4-6-7-8-9-10-11-12-13-14-15-16-31-17-18-32-19-20-33-21-22-34-23-24-35-25-26-36-27-28-37-29-30(3)5-2/h30H,4-29H2,1-3H3. The maximum Gasteiger partial charge on any atom is 0.0701 e. The van der Waals surface area contributed by atoms with Crippen molar-refractivity contribution in [3.8, 4) is 0 Å². The second kappa shape index (κ2) is 33.7. The highest BCUT2D eigenvalue weighted by Gasteiger charge is 1.98. The average molecular weight is 535 g/mol. The predicted octanol–water partition coefficient (Wildman–Crippen LogP) is 6.46. The molecular formula is C30H62O7. The van der Waals surface area contributed by atoms with Gasteiger partial charge in [0.15, 0.2) is 0 Å². The van der Waals surface area contributed by atoms with Crippen LogP contribution in [-0.2, 0) is 33.2 Å². The molecule has 0 spiro atoms. The number of ether oxygens (including phenoxy) is 7. The van der Waals surface area contributed by atoms with Crippen LogP contribution in [0.1, 0.15) is 97.8 Å². The molecule has 0 saturated carbocycles. The van der Waals surface area contributed by atoms with Crippen LogP contribution in [0.15, 0.2) is 0 Å². The lowest BCUT2D eigenvalue weighted by atomic mass is 10.1. The summed E-state index contributed by atoms with van der Waals surface area (Å²) in [6.45, 7) is 15.4. The molecule has 37 heavy (non-hydrogen) atoms. The Hall–Kier alpha value is -0.280. The highest BCUT2D eigenvalue weighted by atomic mass is 16.6. The Bertz CT molecular complexity index is 398. The van der Waals surface area contributed by atoms with Crippen molar-refractivity contribution in [2.24, 2.45) is 5.92 Å². The molecule has 0 rings (SSSR count). The molecule has 0 aliphatic heterocycles. The van der Waals surface area contributed by atoms with Gasteiger partial charge in [-0.25, -0.2) is 0 Å². The topological polar surface area (TPSA) is 64.6 Å². The molecule has 0 aromatic carbocycles. The van der Waals surface area contributed by atoms with Crippen LogP contribution in [0.25, 0.3) is 0 Å². The van der Waals surface area contributed by atoms with Crippen molar-refractivity contribution in [1.82, 2.24) is 0 Å². The minimum atomic E-state index is 0.564. The first-order valence-electron chi connectivity index (χ1n) is 15.3. The lowest BCUT2D eigenvalue weighted by Gasteiger charge is -2.10. The van der Waals surface area contributed by atoms with E-state index in [0.29, 0.717) is 85.2 Å². The molecule has 0 aromatic rings. The van der Waals surface area contributed by atoms with Gasteiger partial charge in [0.25, 0.3) is 0 Å². The van der Waals surface area contributed by atoms with Gasteiger partial charge in [0, 0.05) is 13.2 Å². The molecule has 0 aromatic heterocycles. The maximum absolute atomic E-state index is 5.65. The molecule has 0 amide bonds. The largest absolute Gasteiger partial charge is 0.379 e. The molecule has 0 aliphatic carbocycles. The van der Waals surface area contributed by atoms with Crippen molar-refractivity contribution >= 4 is 0 Å². The van der Waals surface area contributed by atoms with E-state index >= 15 is 0 Å². The summed E-state index contributed by atoms with van der Waals surface area (Å²) in [5.41, 5.74) is 0.